The first-order valence-electron chi connectivity index (χ1n) is 7.86. The van der Waals surface area contributed by atoms with Crippen LogP contribution < -0.4 is 16.0 Å². The van der Waals surface area contributed by atoms with Crippen LogP contribution in [0.25, 0.3) is 0 Å². The lowest BCUT2D eigenvalue weighted by Gasteiger charge is -2.15. The minimum Gasteiger partial charge on any atom is -0.487 e. The molecule has 0 unspecified atom stereocenters. The lowest BCUT2D eigenvalue weighted by Crippen LogP contribution is -2.38. The molecule has 0 radical (unpaired) electrons. The Balaban J connectivity index is 1.97. The Bertz CT molecular complexity index is 953. The molecule has 6 nitrogen and oxygen atoms in total. The van der Waals surface area contributed by atoms with Crippen LogP contribution in [0.15, 0.2) is 27.8 Å². The van der Waals surface area contributed by atoms with Crippen molar-refractivity contribution in [2.45, 2.75) is 32.8 Å². The highest BCUT2D eigenvalue weighted by molar-refractivity contribution is 6.04. The van der Waals surface area contributed by atoms with E-state index in [4.69, 9.17) is 4.74 Å². The van der Waals surface area contributed by atoms with Crippen molar-refractivity contribution in [3.8, 4) is 5.75 Å². The highest BCUT2D eigenvalue weighted by atomic mass is 16.5. The molecule has 0 N–H and O–H groups in total. The maximum atomic E-state index is 12.3. The second-order valence-electron chi connectivity index (χ2n) is 6.36. The van der Waals surface area contributed by atoms with Gasteiger partial charge >= 0.3 is 5.69 Å². The number of fused-ring (bicyclic) bond motifs is 1. The summed E-state index contributed by atoms with van der Waals surface area (Å²) in [5.74, 6) is 0.775. The van der Waals surface area contributed by atoms with E-state index in [1.54, 1.807) is 13.1 Å². The van der Waals surface area contributed by atoms with E-state index in [1.165, 1.54) is 17.7 Å². The summed E-state index contributed by atoms with van der Waals surface area (Å²) in [6.07, 6.45) is 0.487. The van der Waals surface area contributed by atoms with Crippen molar-refractivity contribution in [3.63, 3.8) is 0 Å². The minimum absolute atomic E-state index is 0.0545. The normalized spacial score (nSPS) is 16.3. The zero-order chi connectivity index (χ0) is 17.6. The summed E-state index contributed by atoms with van der Waals surface area (Å²) >= 11 is 0. The summed E-state index contributed by atoms with van der Waals surface area (Å²) in [4.78, 5) is 36.0. The van der Waals surface area contributed by atoms with Gasteiger partial charge in [-0.25, -0.2) is 4.79 Å². The fourth-order valence-electron chi connectivity index (χ4n) is 3.30. The fourth-order valence-corrected chi connectivity index (χ4v) is 3.30. The lowest BCUT2D eigenvalue weighted by molar-refractivity contribution is 0.0986. The van der Waals surface area contributed by atoms with Crippen molar-refractivity contribution in [1.82, 2.24) is 9.13 Å². The van der Waals surface area contributed by atoms with Crippen LogP contribution in [-0.4, -0.2) is 14.9 Å². The first-order chi connectivity index (χ1) is 11.3. The first-order valence-corrected chi connectivity index (χ1v) is 7.86. The summed E-state index contributed by atoms with van der Waals surface area (Å²) < 4.78 is 8.23. The van der Waals surface area contributed by atoms with E-state index in [0.29, 0.717) is 23.4 Å². The number of aryl methyl sites for hydroxylation is 1. The SMILES string of the molecule is Cc1ccc(OCc2cc(=O)n(C)c(=O)n2C)c2c1[C@@H](C)CC2=O. The maximum Gasteiger partial charge on any atom is 0.330 e. The number of carbonyl (C=O) groups excluding carboxylic acids is 1. The zero-order valence-electron chi connectivity index (χ0n) is 14.3. The molecule has 0 aliphatic heterocycles. The Morgan fingerprint density at radius 2 is 1.88 bits per heavy atom. The number of hydrogen-bond donors (Lipinski definition) is 0. The molecule has 0 amide bonds. The fraction of sp³-hybridized carbons (Fsp3) is 0.389. The van der Waals surface area contributed by atoms with E-state index in [2.05, 4.69) is 0 Å². The number of carbonyl (C=O) groups is 1. The van der Waals surface area contributed by atoms with E-state index in [1.807, 2.05) is 19.9 Å². The molecular weight excluding hydrogens is 308 g/mol. The van der Waals surface area contributed by atoms with Gasteiger partial charge in [-0.1, -0.05) is 13.0 Å². The van der Waals surface area contributed by atoms with Crippen molar-refractivity contribution < 1.29 is 9.53 Å². The van der Waals surface area contributed by atoms with Gasteiger partial charge in [-0.05, 0) is 30.0 Å². The maximum absolute atomic E-state index is 12.3. The third kappa shape index (κ3) is 2.48. The van der Waals surface area contributed by atoms with Crippen LogP contribution in [0.3, 0.4) is 0 Å². The van der Waals surface area contributed by atoms with Gasteiger partial charge in [0.25, 0.3) is 5.56 Å². The number of Topliss-reactive ketones (excluding diaryl/α,β-unsaturated/α-hetero) is 1. The molecule has 6 heteroatoms. The lowest BCUT2D eigenvalue weighted by atomic mass is 9.97. The molecule has 0 saturated heterocycles. The van der Waals surface area contributed by atoms with Crippen LogP contribution in [0.1, 0.15) is 46.4 Å². The third-order valence-corrected chi connectivity index (χ3v) is 4.69. The Kier molecular flexibility index (Phi) is 3.91. The largest absolute Gasteiger partial charge is 0.487 e. The summed E-state index contributed by atoms with van der Waals surface area (Å²) in [5, 5.41) is 0. The Morgan fingerprint density at radius 1 is 1.17 bits per heavy atom. The third-order valence-electron chi connectivity index (χ3n) is 4.69. The van der Waals surface area contributed by atoms with Crippen LogP contribution in [-0.2, 0) is 20.7 Å². The minimum atomic E-state index is -0.403. The Labute approximate surface area is 139 Å². The molecule has 1 heterocycles. The van der Waals surface area contributed by atoms with Crippen molar-refractivity contribution in [2.24, 2.45) is 14.1 Å². The van der Waals surface area contributed by atoms with Crippen molar-refractivity contribution >= 4 is 5.78 Å². The van der Waals surface area contributed by atoms with Gasteiger partial charge in [0.15, 0.2) is 5.78 Å². The van der Waals surface area contributed by atoms with Gasteiger partial charge in [0.1, 0.15) is 12.4 Å². The predicted octanol–water partition coefficient (Wildman–Crippen LogP) is 1.66. The van der Waals surface area contributed by atoms with Gasteiger partial charge in [-0.3, -0.25) is 18.7 Å². The molecule has 1 atom stereocenters. The summed E-state index contributed by atoms with van der Waals surface area (Å²) in [6.45, 7) is 4.08. The zero-order valence-corrected chi connectivity index (χ0v) is 14.3. The summed E-state index contributed by atoms with van der Waals surface area (Å²) in [6, 6.07) is 5.09. The van der Waals surface area contributed by atoms with Crippen molar-refractivity contribution in [2.75, 3.05) is 0 Å². The molecule has 3 rings (SSSR count). The average Bonchev–Trinajstić information content (AvgIpc) is 2.85. The predicted molar refractivity (Wildman–Crippen MR) is 89.8 cm³/mol. The molecule has 0 saturated carbocycles. The van der Waals surface area contributed by atoms with Gasteiger partial charge in [-0.15, -0.1) is 0 Å². The molecule has 1 aliphatic rings. The number of ether oxygens (including phenoxy) is 1. The number of benzene rings is 1. The van der Waals surface area contributed by atoms with E-state index in [9.17, 15) is 14.4 Å². The molecule has 1 aliphatic carbocycles. The standard InChI is InChI=1S/C18H20N2O4/c1-10-5-6-14(17-13(21)7-11(2)16(10)17)24-9-12-8-15(22)20(4)18(23)19(12)3/h5-6,8,11H,7,9H2,1-4H3/t11-/m0/s1. The molecule has 0 fully saturated rings. The second kappa shape index (κ2) is 5.78. The molecule has 0 bridgehead atoms. The molecule has 1 aromatic heterocycles. The van der Waals surface area contributed by atoms with Crippen molar-refractivity contribution in [3.05, 3.63) is 61.4 Å². The van der Waals surface area contributed by atoms with E-state index >= 15 is 0 Å². The summed E-state index contributed by atoms with van der Waals surface area (Å²) in [7, 11) is 3.02. The van der Waals surface area contributed by atoms with Crippen molar-refractivity contribution in [1.29, 1.82) is 0 Å². The van der Waals surface area contributed by atoms with E-state index < -0.39 is 5.69 Å². The van der Waals surface area contributed by atoms with E-state index in [0.717, 1.165) is 15.7 Å². The molecule has 126 valence electrons. The van der Waals surface area contributed by atoms with E-state index in [-0.39, 0.29) is 23.9 Å². The smallest absolute Gasteiger partial charge is 0.330 e. The second-order valence-corrected chi connectivity index (χ2v) is 6.36. The number of aromatic nitrogens is 2. The van der Waals surface area contributed by atoms with Crippen LogP contribution in [0.5, 0.6) is 5.75 Å². The molecule has 24 heavy (non-hydrogen) atoms. The highest BCUT2D eigenvalue weighted by Crippen LogP contribution is 2.40. The van der Waals surface area contributed by atoms with Gasteiger partial charge in [0.2, 0.25) is 0 Å². The molecule has 2 aromatic rings. The van der Waals surface area contributed by atoms with Crippen LogP contribution in [0.4, 0.5) is 0 Å². The monoisotopic (exact) mass is 328 g/mol. The van der Waals surface area contributed by atoms with Crippen LogP contribution in [0.2, 0.25) is 0 Å². The number of rotatable bonds is 3. The topological polar surface area (TPSA) is 70.3 Å². The summed E-state index contributed by atoms with van der Waals surface area (Å²) in [5.41, 5.74) is 2.44. The Morgan fingerprint density at radius 3 is 2.58 bits per heavy atom. The Hall–Kier alpha value is -2.63. The molecular formula is C18H20N2O4. The first kappa shape index (κ1) is 16.2. The van der Waals surface area contributed by atoms with Gasteiger partial charge in [-0.2, -0.15) is 0 Å². The quantitative estimate of drug-likeness (QED) is 0.859. The van der Waals surface area contributed by atoms with Crippen LogP contribution >= 0.6 is 0 Å². The van der Waals surface area contributed by atoms with Gasteiger partial charge in [0.05, 0.1) is 11.3 Å². The number of hydrogen-bond acceptors (Lipinski definition) is 4. The highest BCUT2D eigenvalue weighted by Gasteiger charge is 2.31. The molecule has 1 aromatic carbocycles. The van der Waals surface area contributed by atoms with Gasteiger partial charge < -0.3 is 4.74 Å². The van der Waals surface area contributed by atoms with Crippen LogP contribution in [0, 0.1) is 6.92 Å². The molecule has 0 spiro atoms. The van der Waals surface area contributed by atoms with Gasteiger partial charge in [0, 0.05) is 26.6 Å². The number of nitrogens with zero attached hydrogens (tertiary/aromatic N) is 2. The average molecular weight is 328 g/mol. The number of ketones is 1.